The SMILES string of the molecule is NC(=NO)C1COc2ccccc2C1. The molecule has 1 unspecified atom stereocenters. The third-order valence-corrected chi connectivity index (χ3v) is 2.41. The predicted molar refractivity (Wildman–Crippen MR) is 52.5 cm³/mol. The Morgan fingerprint density at radius 1 is 1.50 bits per heavy atom. The molecular weight excluding hydrogens is 180 g/mol. The maximum absolute atomic E-state index is 8.54. The highest BCUT2D eigenvalue weighted by atomic mass is 16.5. The fourth-order valence-electron chi connectivity index (χ4n) is 1.60. The topological polar surface area (TPSA) is 67.8 Å². The number of oxime groups is 1. The van der Waals surface area contributed by atoms with E-state index in [9.17, 15) is 0 Å². The lowest BCUT2D eigenvalue weighted by Gasteiger charge is -2.23. The van der Waals surface area contributed by atoms with Crippen LogP contribution < -0.4 is 10.5 Å². The molecule has 1 aromatic carbocycles. The van der Waals surface area contributed by atoms with Crippen LogP contribution in [-0.4, -0.2) is 17.6 Å². The molecule has 0 amide bonds. The van der Waals surface area contributed by atoms with E-state index < -0.39 is 0 Å². The number of rotatable bonds is 1. The number of amidine groups is 1. The largest absolute Gasteiger partial charge is 0.493 e. The monoisotopic (exact) mass is 192 g/mol. The Kier molecular flexibility index (Phi) is 2.26. The average Bonchev–Trinajstić information content (AvgIpc) is 2.27. The number of fused-ring (bicyclic) bond motifs is 1. The highest BCUT2D eigenvalue weighted by Crippen LogP contribution is 2.26. The minimum atomic E-state index is -0.0186. The van der Waals surface area contributed by atoms with Crippen molar-refractivity contribution in [2.75, 3.05) is 6.61 Å². The lowest BCUT2D eigenvalue weighted by molar-refractivity contribution is 0.250. The summed E-state index contributed by atoms with van der Waals surface area (Å²) in [6.07, 6.45) is 0.770. The van der Waals surface area contributed by atoms with Gasteiger partial charge in [0.05, 0.1) is 12.5 Å². The first-order chi connectivity index (χ1) is 6.81. The van der Waals surface area contributed by atoms with Gasteiger partial charge in [0.15, 0.2) is 0 Å². The molecule has 2 rings (SSSR count). The van der Waals surface area contributed by atoms with Crippen molar-refractivity contribution in [3.8, 4) is 5.75 Å². The second kappa shape index (κ2) is 3.57. The highest BCUT2D eigenvalue weighted by molar-refractivity contribution is 5.83. The van der Waals surface area contributed by atoms with E-state index in [1.54, 1.807) is 0 Å². The molecule has 0 bridgehead atoms. The van der Waals surface area contributed by atoms with Crippen molar-refractivity contribution in [2.24, 2.45) is 16.8 Å². The number of ether oxygens (including phenoxy) is 1. The number of benzene rings is 1. The zero-order valence-corrected chi connectivity index (χ0v) is 7.68. The van der Waals surface area contributed by atoms with Gasteiger partial charge in [-0.1, -0.05) is 23.4 Å². The molecule has 4 heteroatoms. The molecule has 74 valence electrons. The van der Waals surface area contributed by atoms with Crippen LogP contribution in [0.15, 0.2) is 29.4 Å². The molecule has 4 nitrogen and oxygen atoms in total. The molecule has 0 radical (unpaired) electrons. The molecule has 1 aliphatic rings. The minimum Gasteiger partial charge on any atom is -0.493 e. The van der Waals surface area contributed by atoms with Crippen molar-refractivity contribution >= 4 is 5.84 Å². The van der Waals surface area contributed by atoms with Crippen molar-refractivity contribution in [3.05, 3.63) is 29.8 Å². The van der Waals surface area contributed by atoms with E-state index in [2.05, 4.69) is 5.16 Å². The summed E-state index contributed by atoms with van der Waals surface area (Å²) >= 11 is 0. The van der Waals surface area contributed by atoms with Crippen LogP contribution in [0.1, 0.15) is 5.56 Å². The Bertz CT molecular complexity index is 363. The van der Waals surface area contributed by atoms with Gasteiger partial charge < -0.3 is 15.7 Å². The smallest absolute Gasteiger partial charge is 0.146 e. The molecule has 0 saturated carbocycles. The van der Waals surface area contributed by atoms with E-state index in [4.69, 9.17) is 15.7 Å². The first-order valence-electron chi connectivity index (χ1n) is 4.49. The summed E-state index contributed by atoms with van der Waals surface area (Å²) < 4.78 is 5.49. The van der Waals surface area contributed by atoms with Gasteiger partial charge in [-0.3, -0.25) is 0 Å². The third-order valence-electron chi connectivity index (χ3n) is 2.41. The summed E-state index contributed by atoms with van der Waals surface area (Å²) in [5.74, 6) is 1.11. The van der Waals surface area contributed by atoms with E-state index in [1.807, 2.05) is 24.3 Å². The summed E-state index contributed by atoms with van der Waals surface area (Å²) in [5, 5.41) is 11.5. The van der Waals surface area contributed by atoms with Crippen molar-refractivity contribution in [1.82, 2.24) is 0 Å². The van der Waals surface area contributed by atoms with Crippen LogP contribution in [-0.2, 0) is 6.42 Å². The van der Waals surface area contributed by atoms with Gasteiger partial charge in [-0.15, -0.1) is 0 Å². The van der Waals surface area contributed by atoms with Gasteiger partial charge in [0.1, 0.15) is 11.6 Å². The molecule has 1 atom stereocenters. The zero-order chi connectivity index (χ0) is 9.97. The van der Waals surface area contributed by atoms with E-state index in [1.165, 1.54) is 0 Å². The Labute approximate surface area is 82.0 Å². The normalized spacial score (nSPS) is 21.1. The Morgan fingerprint density at radius 3 is 3.07 bits per heavy atom. The number of hydrogen-bond donors (Lipinski definition) is 2. The van der Waals surface area contributed by atoms with E-state index >= 15 is 0 Å². The van der Waals surface area contributed by atoms with Crippen molar-refractivity contribution < 1.29 is 9.94 Å². The van der Waals surface area contributed by atoms with Gasteiger partial charge in [0.2, 0.25) is 0 Å². The number of nitrogens with zero attached hydrogens (tertiary/aromatic N) is 1. The summed E-state index contributed by atoms with van der Waals surface area (Å²) in [7, 11) is 0. The van der Waals surface area contributed by atoms with Crippen LogP contribution in [0.5, 0.6) is 5.75 Å². The minimum absolute atomic E-state index is 0.0186. The second-order valence-electron chi connectivity index (χ2n) is 3.34. The summed E-state index contributed by atoms with van der Waals surface area (Å²) in [4.78, 5) is 0. The molecule has 0 aromatic heterocycles. The molecule has 0 spiro atoms. The first kappa shape index (κ1) is 8.87. The fourth-order valence-corrected chi connectivity index (χ4v) is 1.60. The molecule has 0 fully saturated rings. The summed E-state index contributed by atoms with van der Waals surface area (Å²) in [6.45, 7) is 0.479. The number of nitrogens with two attached hydrogens (primary N) is 1. The Morgan fingerprint density at radius 2 is 2.29 bits per heavy atom. The van der Waals surface area contributed by atoms with Crippen LogP contribution in [0.3, 0.4) is 0 Å². The molecular formula is C10H12N2O2. The van der Waals surface area contributed by atoms with Crippen molar-refractivity contribution in [3.63, 3.8) is 0 Å². The maximum atomic E-state index is 8.54. The summed E-state index contributed by atoms with van der Waals surface area (Å²) in [6, 6.07) is 7.81. The van der Waals surface area contributed by atoms with Gasteiger partial charge in [0, 0.05) is 0 Å². The van der Waals surface area contributed by atoms with Crippen LogP contribution in [0.25, 0.3) is 0 Å². The van der Waals surface area contributed by atoms with Crippen LogP contribution in [0.4, 0.5) is 0 Å². The number of para-hydroxylation sites is 1. The highest BCUT2D eigenvalue weighted by Gasteiger charge is 2.22. The first-order valence-corrected chi connectivity index (χ1v) is 4.49. The third kappa shape index (κ3) is 1.51. The van der Waals surface area contributed by atoms with Gasteiger partial charge in [-0.25, -0.2) is 0 Å². The van der Waals surface area contributed by atoms with Gasteiger partial charge in [-0.05, 0) is 18.1 Å². The molecule has 1 heterocycles. The molecule has 14 heavy (non-hydrogen) atoms. The molecule has 3 N–H and O–H groups in total. The molecule has 1 aromatic rings. The van der Waals surface area contributed by atoms with Crippen molar-refractivity contribution in [1.29, 1.82) is 0 Å². The standard InChI is InChI=1S/C10H12N2O2/c11-10(12-13)8-5-7-3-1-2-4-9(7)14-6-8/h1-4,8,13H,5-6H2,(H2,11,12). The molecule has 0 aliphatic carbocycles. The molecule has 1 aliphatic heterocycles. The average molecular weight is 192 g/mol. The van der Waals surface area contributed by atoms with Gasteiger partial charge >= 0.3 is 0 Å². The molecule has 0 saturated heterocycles. The van der Waals surface area contributed by atoms with Crippen LogP contribution in [0.2, 0.25) is 0 Å². The lowest BCUT2D eigenvalue weighted by Crippen LogP contribution is -2.33. The Balaban J connectivity index is 2.21. The van der Waals surface area contributed by atoms with Crippen LogP contribution in [0, 0.1) is 5.92 Å². The van der Waals surface area contributed by atoms with Gasteiger partial charge in [-0.2, -0.15) is 0 Å². The van der Waals surface area contributed by atoms with E-state index in [0.29, 0.717) is 6.61 Å². The van der Waals surface area contributed by atoms with E-state index in [-0.39, 0.29) is 11.8 Å². The summed E-state index contributed by atoms with van der Waals surface area (Å²) in [5.41, 5.74) is 6.63. The van der Waals surface area contributed by atoms with Crippen LogP contribution >= 0.6 is 0 Å². The maximum Gasteiger partial charge on any atom is 0.146 e. The Hall–Kier alpha value is -1.71. The lowest BCUT2D eigenvalue weighted by atomic mass is 9.96. The zero-order valence-electron chi connectivity index (χ0n) is 7.68. The fraction of sp³-hybridized carbons (Fsp3) is 0.300. The second-order valence-corrected chi connectivity index (χ2v) is 3.34. The van der Waals surface area contributed by atoms with Gasteiger partial charge in [0.25, 0.3) is 0 Å². The van der Waals surface area contributed by atoms with Crippen molar-refractivity contribution in [2.45, 2.75) is 6.42 Å². The van der Waals surface area contributed by atoms with E-state index in [0.717, 1.165) is 17.7 Å². The quantitative estimate of drug-likeness (QED) is 0.302. The number of hydrogen-bond acceptors (Lipinski definition) is 3. The predicted octanol–water partition coefficient (Wildman–Crippen LogP) is 0.984.